The number of rotatable bonds is 5. The molecule has 0 saturated carbocycles. The standard InChI is InChI=1S/C22H19F4N7O/c1-32-5-4-27-18-8-12(2-3-13(18)9-32)19-11-33(31-28-19)10-15-16(23)6-14(7-17(15)24)21-29-30-22(34-21)20(25)26/h2-3,6-8,11,20,27H,4-5,9-10H2,1H3. The lowest BCUT2D eigenvalue weighted by Gasteiger charge is -2.12. The van der Waals surface area contributed by atoms with Crippen LogP contribution in [-0.4, -0.2) is 50.2 Å². The lowest BCUT2D eigenvalue weighted by molar-refractivity contribution is 0.116. The molecule has 0 unspecified atom stereocenters. The highest BCUT2D eigenvalue weighted by molar-refractivity contribution is 5.67. The number of halogens is 4. The van der Waals surface area contributed by atoms with Crippen molar-refractivity contribution in [2.24, 2.45) is 0 Å². The molecule has 1 aliphatic rings. The lowest BCUT2D eigenvalue weighted by Crippen LogP contribution is -2.20. The predicted octanol–water partition coefficient (Wildman–Crippen LogP) is 4.12. The predicted molar refractivity (Wildman–Crippen MR) is 114 cm³/mol. The third-order valence-electron chi connectivity index (χ3n) is 5.53. The lowest BCUT2D eigenvalue weighted by atomic mass is 10.1. The van der Waals surface area contributed by atoms with Crippen LogP contribution in [-0.2, 0) is 13.1 Å². The van der Waals surface area contributed by atoms with Gasteiger partial charge in [-0.15, -0.1) is 15.3 Å². The summed E-state index contributed by atoms with van der Waals surface area (Å²) in [6.07, 6.45) is -1.38. The third kappa shape index (κ3) is 4.36. The zero-order chi connectivity index (χ0) is 23.8. The van der Waals surface area contributed by atoms with E-state index in [0.717, 1.165) is 43.0 Å². The Balaban J connectivity index is 1.37. The van der Waals surface area contributed by atoms with Crippen molar-refractivity contribution in [3.63, 3.8) is 0 Å². The Labute approximate surface area is 191 Å². The fourth-order valence-electron chi connectivity index (χ4n) is 3.78. The van der Waals surface area contributed by atoms with Crippen LogP contribution in [0.4, 0.5) is 23.2 Å². The minimum Gasteiger partial charge on any atom is -0.415 e. The molecule has 0 saturated heterocycles. The second-order valence-electron chi connectivity index (χ2n) is 8.00. The number of anilines is 1. The third-order valence-corrected chi connectivity index (χ3v) is 5.53. The molecule has 1 N–H and O–H groups in total. The monoisotopic (exact) mass is 473 g/mol. The van der Waals surface area contributed by atoms with Crippen LogP contribution in [0.3, 0.4) is 0 Å². The summed E-state index contributed by atoms with van der Waals surface area (Å²) < 4.78 is 60.7. The summed E-state index contributed by atoms with van der Waals surface area (Å²) in [6.45, 7) is 2.36. The van der Waals surface area contributed by atoms with Crippen molar-refractivity contribution in [3.05, 3.63) is 65.2 Å². The molecule has 0 radical (unpaired) electrons. The molecule has 0 bridgehead atoms. The molecule has 5 rings (SSSR count). The smallest absolute Gasteiger partial charge is 0.314 e. The van der Waals surface area contributed by atoms with Crippen LogP contribution < -0.4 is 5.32 Å². The molecular formula is C22H19F4N7O. The van der Waals surface area contributed by atoms with E-state index < -0.39 is 29.8 Å². The van der Waals surface area contributed by atoms with Gasteiger partial charge in [-0.2, -0.15) is 8.78 Å². The largest absolute Gasteiger partial charge is 0.415 e. The quantitative estimate of drug-likeness (QED) is 0.437. The van der Waals surface area contributed by atoms with Gasteiger partial charge in [0.1, 0.15) is 17.3 Å². The van der Waals surface area contributed by atoms with Crippen molar-refractivity contribution in [2.45, 2.75) is 19.5 Å². The minimum absolute atomic E-state index is 0.138. The van der Waals surface area contributed by atoms with Gasteiger partial charge < -0.3 is 14.6 Å². The normalized spacial score (nSPS) is 14.2. The van der Waals surface area contributed by atoms with E-state index in [1.165, 1.54) is 10.2 Å². The first-order chi connectivity index (χ1) is 16.4. The minimum atomic E-state index is -2.98. The van der Waals surface area contributed by atoms with Gasteiger partial charge in [0.25, 0.3) is 5.89 Å². The Morgan fingerprint density at radius 1 is 1.06 bits per heavy atom. The maximum Gasteiger partial charge on any atom is 0.314 e. The zero-order valence-corrected chi connectivity index (χ0v) is 18.0. The molecule has 3 heterocycles. The van der Waals surface area contributed by atoms with Gasteiger partial charge in [0, 0.05) is 42.0 Å². The van der Waals surface area contributed by atoms with Gasteiger partial charge in [0.05, 0.1) is 12.7 Å². The number of hydrogen-bond donors (Lipinski definition) is 1. The summed E-state index contributed by atoms with van der Waals surface area (Å²) >= 11 is 0. The molecule has 176 valence electrons. The molecule has 2 aromatic carbocycles. The van der Waals surface area contributed by atoms with Gasteiger partial charge in [0.15, 0.2) is 0 Å². The fraction of sp³-hybridized carbons (Fsp3) is 0.273. The number of nitrogens with one attached hydrogen (secondary N) is 1. The number of benzene rings is 2. The van der Waals surface area contributed by atoms with Crippen molar-refractivity contribution in [1.82, 2.24) is 30.1 Å². The first-order valence-electron chi connectivity index (χ1n) is 10.4. The first-order valence-corrected chi connectivity index (χ1v) is 10.4. The highest BCUT2D eigenvalue weighted by atomic mass is 19.3. The van der Waals surface area contributed by atoms with E-state index >= 15 is 0 Å². The highest BCUT2D eigenvalue weighted by Gasteiger charge is 2.20. The van der Waals surface area contributed by atoms with E-state index in [1.807, 2.05) is 18.2 Å². The summed E-state index contributed by atoms with van der Waals surface area (Å²) in [7, 11) is 2.06. The van der Waals surface area contributed by atoms with E-state index in [4.69, 9.17) is 4.42 Å². The van der Waals surface area contributed by atoms with E-state index in [9.17, 15) is 17.6 Å². The second-order valence-corrected chi connectivity index (χ2v) is 8.00. The number of nitrogens with zero attached hydrogens (tertiary/aromatic N) is 6. The first kappa shape index (κ1) is 22.0. The molecular weight excluding hydrogens is 454 g/mol. The van der Waals surface area contributed by atoms with Crippen LogP contribution in [0.5, 0.6) is 0 Å². The molecule has 12 heteroatoms. The molecule has 8 nitrogen and oxygen atoms in total. The second kappa shape index (κ2) is 8.86. The zero-order valence-electron chi connectivity index (χ0n) is 18.0. The van der Waals surface area contributed by atoms with E-state index in [-0.39, 0.29) is 17.7 Å². The van der Waals surface area contributed by atoms with Crippen LogP contribution in [0.2, 0.25) is 0 Å². The van der Waals surface area contributed by atoms with Gasteiger partial charge in [-0.3, -0.25) is 0 Å². The molecule has 4 aromatic rings. The Bertz CT molecular complexity index is 1310. The molecule has 0 fully saturated rings. The van der Waals surface area contributed by atoms with Crippen LogP contribution in [0, 0.1) is 11.6 Å². The fourth-order valence-corrected chi connectivity index (χ4v) is 3.78. The molecule has 34 heavy (non-hydrogen) atoms. The number of hydrogen-bond acceptors (Lipinski definition) is 7. The van der Waals surface area contributed by atoms with Crippen molar-refractivity contribution in [2.75, 3.05) is 25.5 Å². The molecule has 0 spiro atoms. The number of likely N-dealkylation sites (N-methyl/N-ethyl adjacent to an activating group) is 1. The van der Waals surface area contributed by atoms with Crippen molar-refractivity contribution in [1.29, 1.82) is 0 Å². The average molecular weight is 473 g/mol. The van der Waals surface area contributed by atoms with Gasteiger partial charge in [0.2, 0.25) is 5.89 Å². The Kier molecular flexibility index (Phi) is 5.74. The van der Waals surface area contributed by atoms with Crippen molar-refractivity contribution in [3.8, 4) is 22.7 Å². The summed E-state index contributed by atoms with van der Waals surface area (Å²) in [5.74, 6) is -3.12. The van der Waals surface area contributed by atoms with Gasteiger partial charge in [-0.05, 0) is 30.8 Å². The maximum atomic E-state index is 14.7. The van der Waals surface area contributed by atoms with E-state index in [1.54, 1.807) is 6.20 Å². The SMILES string of the molecule is CN1CCNc2cc(-c3cn(Cc4c(F)cc(-c5nnc(C(F)F)o5)cc4F)nn3)ccc2C1. The Morgan fingerprint density at radius 2 is 1.85 bits per heavy atom. The van der Waals surface area contributed by atoms with E-state index in [2.05, 4.69) is 37.8 Å². The summed E-state index contributed by atoms with van der Waals surface area (Å²) in [5.41, 5.74) is 3.16. The number of alkyl halides is 2. The van der Waals surface area contributed by atoms with Crippen LogP contribution in [0.1, 0.15) is 23.4 Å². The van der Waals surface area contributed by atoms with Crippen molar-refractivity contribution >= 4 is 5.69 Å². The van der Waals surface area contributed by atoms with Crippen molar-refractivity contribution < 1.29 is 22.0 Å². The van der Waals surface area contributed by atoms with Gasteiger partial charge >= 0.3 is 6.43 Å². The molecule has 2 aromatic heterocycles. The van der Waals surface area contributed by atoms with Gasteiger partial charge in [-0.25, -0.2) is 13.5 Å². The number of aromatic nitrogens is 5. The molecule has 0 aliphatic carbocycles. The summed E-state index contributed by atoms with van der Waals surface area (Å²) in [5, 5.41) is 18.1. The maximum absolute atomic E-state index is 14.7. The van der Waals surface area contributed by atoms with Crippen LogP contribution in [0.15, 0.2) is 40.9 Å². The van der Waals surface area contributed by atoms with E-state index in [0.29, 0.717) is 5.69 Å². The molecule has 1 aliphatic heterocycles. The molecule has 0 amide bonds. The summed E-state index contributed by atoms with van der Waals surface area (Å²) in [6, 6.07) is 7.84. The Morgan fingerprint density at radius 3 is 2.59 bits per heavy atom. The average Bonchev–Trinajstić information content (AvgIpc) is 3.43. The number of fused-ring (bicyclic) bond motifs is 1. The molecule has 0 atom stereocenters. The topological polar surface area (TPSA) is 84.9 Å². The van der Waals surface area contributed by atoms with Crippen LogP contribution in [0.25, 0.3) is 22.7 Å². The Hall–Kier alpha value is -3.80. The highest BCUT2D eigenvalue weighted by Crippen LogP contribution is 2.28. The van der Waals surface area contributed by atoms with Crippen LogP contribution >= 0.6 is 0 Å². The summed E-state index contributed by atoms with van der Waals surface area (Å²) in [4.78, 5) is 2.22. The van der Waals surface area contributed by atoms with Gasteiger partial charge in [-0.1, -0.05) is 17.3 Å².